The van der Waals surface area contributed by atoms with Crippen molar-refractivity contribution >= 4 is 29.6 Å². The van der Waals surface area contributed by atoms with E-state index in [4.69, 9.17) is 5.84 Å². The van der Waals surface area contributed by atoms with Crippen LogP contribution in [-0.4, -0.2) is 47.6 Å². The number of nitrogens with two attached hydrogens (primary N) is 1. The lowest BCUT2D eigenvalue weighted by Crippen LogP contribution is -2.19. The van der Waals surface area contributed by atoms with Crippen LogP contribution in [0.3, 0.4) is 0 Å². The van der Waals surface area contributed by atoms with Crippen LogP contribution in [0.1, 0.15) is 19.3 Å². The molecule has 0 saturated carbocycles. The topological polar surface area (TPSA) is 92.0 Å². The molecule has 1 aromatic heterocycles. The molecule has 0 atom stereocenters. The van der Waals surface area contributed by atoms with Crippen molar-refractivity contribution in [1.82, 2.24) is 15.0 Å². The Labute approximate surface area is 118 Å². The first-order valence-corrected chi connectivity index (χ1v) is 7.69. The van der Waals surface area contributed by atoms with Gasteiger partial charge in [0.2, 0.25) is 17.8 Å². The van der Waals surface area contributed by atoms with Gasteiger partial charge in [0.05, 0.1) is 0 Å². The van der Waals surface area contributed by atoms with Crippen molar-refractivity contribution in [2.45, 2.75) is 19.3 Å². The molecule has 1 aromatic rings. The van der Waals surface area contributed by atoms with E-state index >= 15 is 0 Å². The van der Waals surface area contributed by atoms with E-state index in [1.54, 1.807) is 0 Å². The molecular formula is C11H23N7S. The number of hydrogen-bond acceptors (Lipinski definition) is 8. The number of thioether (sulfide) groups is 1. The van der Waals surface area contributed by atoms with Crippen LogP contribution in [0.15, 0.2) is 0 Å². The molecule has 0 spiro atoms. The summed E-state index contributed by atoms with van der Waals surface area (Å²) in [7, 11) is 3.75. The highest BCUT2D eigenvalue weighted by atomic mass is 32.2. The molecule has 0 unspecified atom stereocenters. The molecule has 0 aliphatic rings. The minimum atomic E-state index is 0.364. The van der Waals surface area contributed by atoms with Crippen LogP contribution in [0.25, 0.3) is 0 Å². The zero-order valence-electron chi connectivity index (χ0n) is 11.8. The molecule has 0 radical (unpaired) electrons. The maximum Gasteiger partial charge on any atom is 0.243 e. The molecule has 0 bridgehead atoms. The van der Waals surface area contributed by atoms with E-state index < -0.39 is 0 Å². The number of nitrogens with zero attached hydrogens (tertiary/aromatic N) is 4. The second-order valence-electron chi connectivity index (χ2n) is 4.30. The van der Waals surface area contributed by atoms with Gasteiger partial charge in [-0.3, -0.25) is 5.43 Å². The molecule has 1 heterocycles. The first-order chi connectivity index (χ1) is 9.17. The summed E-state index contributed by atoms with van der Waals surface area (Å²) < 4.78 is 0. The molecule has 8 heteroatoms. The van der Waals surface area contributed by atoms with Crippen molar-refractivity contribution in [1.29, 1.82) is 0 Å². The summed E-state index contributed by atoms with van der Waals surface area (Å²) in [5.74, 6) is 8.06. The van der Waals surface area contributed by atoms with Crippen LogP contribution in [0.5, 0.6) is 0 Å². The van der Waals surface area contributed by atoms with Gasteiger partial charge in [-0.05, 0) is 24.9 Å². The van der Waals surface area contributed by atoms with Gasteiger partial charge in [-0.25, -0.2) is 5.84 Å². The highest BCUT2D eigenvalue weighted by Gasteiger charge is 2.06. The quantitative estimate of drug-likeness (QED) is 0.354. The number of hydrazine groups is 1. The fourth-order valence-electron chi connectivity index (χ4n) is 1.46. The summed E-state index contributed by atoms with van der Waals surface area (Å²) in [6.45, 7) is 0.856. The van der Waals surface area contributed by atoms with Crippen LogP contribution in [0.4, 0.5) is 17.8 Å². The summed E-state index contributed by atoms with van der Waals surface area (Å²) in [6, 6.07) is 0. The summed E-state index contributed by atoms with van der Waals surface area (Å²) in [6.07, 6.45) is 5.70. The van der Waals surface area contributed by atoms with Crippen LogP contribution >= 0.6 is 11.8 Å². The minimum Gasteiger partial charge on any atom is -0.354 e. The lowest BCUT2D eigenvalue weighted by molar-refractivity contribution is 0.745. The molecule has 0 saturated heterocycles. The van der Waals surface area contributed by atoms with Gasteiger partial charge in [-0.1, -0.05) is 6.42 Å². The highest BCUT2D eigenvalue weighted by molar-refractivity contribution is 7.98. The second-order valence-corrected chi connectivity index (χ2v) is 5.29. The van der Waals surface area contributed by atoms with Gasteiger partial charge in [-0.2, -0.15) is 26.7 Å². The third kappa shape index (κ3) is 5.93. The number of anilines is 3. The third-order valence-electron chi connectivity index (χ3n) is 2.46. The molecule has 7 nitrogen and oxygen atoms in total. The Bertz CT molecular complexity index is 372. The van der Waals surface area contributed by atoms with Crippen molar-refractivity contribution in [3.63, 3.8) is 0 Å². The molecule has 0 amide bonds. The fraction of sp³-hybridized carbons (Fsp3) is 0.727. The number of nitrogens with one attached hydrogen (secondary N) is 2. The minimum absolute atomic E-state index is 0.364. The lowest BCUT2D eigenvalue weighted by atomic mass is 10.2. The first kappa shape index (κ1) is 15.8. The third-order valence-corrected chi connectivity index (χ3v) is 3.16. The van der Waals surface area contributed by atoms with Crippen molar-refractivity contribution in [3.8, 4) is 0 Å². The van der Waals surface area contributed by atoms with E-state index in [2.05, 4.69) is 32.0 Å². The summed E-state index contributed by atoms with van der Waals surface area (Å²) in [4.78, 5) is 14.4. The Morgan fingerprint density at radius 3 is 2.47 bits per heavy atom. The van der Waals surface area contributed by atoms with Gasteiger partial charge in [0, 0.05) is 20.6 Å². The molecule has 0 aromatic carbocycles. The Kier molecular flexibility index (Phi) is 7.27. The standard InChI is InChI=1S/C11H23N7S/c1-18(2)11-15-9(14-10(16-11)17-12)13-7-5-4-6-8-19-3/h4-8,12H2,1-3H3,(H2,13,14,15,16,17). The van der Waals surface area contributed by atoms with Gasteiger partial charge in [0.1, 0.15) is 0 Å². The fourth-order valence-corrected chi connectivity index (χ4v) is 1.95. The van der Waals surface area contributed by atoms with Crippen LogP contribution in [0.2, 0.25) is 0 Å². The number of aromatic nitrogens is 3. The van der Waals surface area contributed by atoms with Crippen LogP contribution in [-0.2, 0) is 0 Å². The number of hydrogen-bond donors (Lipinski definition) is 3. The van der Waals surface area contributed by atoms with Gasteiger partial charge in [-0.15, -0.1) is 0 Å². The normalized spacial score (nSPS) is 10.3. The van der Waals surface area contributed by atoms with Crippen LogP contribution in [0, 0.1) is 0 Å². The molecule has 0 aliphatic heterocycles. The van der Waals surface area contributed by atoms with Crippen molar-refractivity contribution in [2.75, 3.05) is 48.3 Å². The Hall–Kier alpha value is -1.28. The van der Waals surface area contributed by atoms with E-state index in [0.717, 1.165) is 13.0 Å². The van der Waals surface area contributed by atoms with E-state index in [9.17, 15) is 0 Å². The first-order valence-electron chi connectivity index (χ1n) is 6.30. The Morgan fingerprint density at radius 1 is 1.11 bits per heavy atom. The molecule has 0 fully saturated rings. The van der Waals surface area contributed by atoms with E-state index in [1.807, 2.05) is 30.8 Å². The van der Waals surface area contributed by atoms with Gasteiger partial charge in [0.15, 0.2) is 0 Å². The molecule has 0 aliphatic carbocycles. The zero-order chi connectivity index (χ0) is 14.1. The Morgan fingerprint density at radius 2 is 1.84 bits per heavy atom. The van der Waals surface area contributed by atoms with Crippen molar-refractivity contribution in [2.24, 2.45) is 5.84 Å². The lowest BCUT2D eigenvalue weighted by Gasteiger charge is -2.13. The van der Waals surface area contributed by atoms with E-state index in [1.165, 1.54) is 18.6 Å². The highest BCUT2D eigenvalue weighted by Crippen LogP contribution is 2.11. The number of unbranched alkanes of at least 4 members (excludes halogenated alkanes) is 2. The average molecular weight is 285 g/mol. The largest absolute Gasteiger partial charge is 0.354 e. The van der Waals surface area contributed by atoms with Crippen molar-refractivity contribution < 1.29 is 0 Å². The van der Waals surface area contributed by atoms with E-state index in [0.29, 0.717) is 17.8 Å². The van der Waals surface area contributed by atoms with Crippen LogP contribution < -0.4 is 21.5 Å². The monoisotopic (exact) mass is 285 g/mol. The Balaban J connectivity index is 2.46. The maximum atomic E-state index is 5.35. The summed E-state index contributed by atoms with van der Waals surface area (Å²) in [5.41, 5.74) is 2.45. The zero-order valence-corrected chi connectivity index (χ0v) is 12.6. The smallest absolute Gasteiger partial charge is 0.243 e. The van der Waals surface area contributed by atoms with E-state index in [-0.39, 0.29) is 0 Å². The second kappa shape index (κ2) is 8.76. The predicted octanol–water partition coefficient (Wildman–Crippen LogP) is 1.17. The SMILES string of the molecule is CSCCCCCNc1nc(NN)nc(N(C)C)n1. The molecule has 108 valence electrons. The van der Waals surface area contributed by atoms with Crippen molar-refractivity contribution in [3.05, 3.63) is 0 Å². The molecular weight excluding hydrogens is 262 g/mol. The molecule has 19 heavy (non-hydrogen) atoms. The number of nitrogen functional groups attached to an aromatic ring is 1. The molecule has 4 N–H and O–H groups in total. The van der Waals surface area contributed by atoms with Gasteiger partial charge < -0.3 is 10.2 Å². The summed E-state index contributed by atoms with van der Waals surface area (Å²) in [5, 5.41) is 3.20. The molecule has 1 rings (SSSR count). The average Bonchev–Trinajstić information content (AvgIpc) is 2.42. The number of rotatable bonds is 9. The predicted molar refractivity (Wildman–Crippen MR) is 82.7 cm³/mol. The maximum absolute atomic E-state index is 5.35. The van der Waals surface area contributed by atoms with Gasteiger partial charge in [0.25, 0.3) is 0 Å². The van der Waals surface area contributed by atoms with Gasteiger partial charge >= 0.3 is 0 Å². The summed E-state index contributed by atoms with van der Waals surface area (Å²) >= 11 is 1.89.